The van der Waals surface area contributed by atoms with Crippen molar-refractivity contribution in [3.05, 3.63) is 272 Å². The van der Waals surface area contributed by atoms with Gasteiger partial charge in [0.05, 0.1) is 7.92 Å². The van der Waals surface area contributed by atoms with Crippen LogP contribution in [0.3, 0.4) is 0 Å². The quantitative estimate of drug-likeness (QED) is 0.115. The van der Waals surface area contributed by atoms with Crippen molar-refractivity contribution >= 4 is 88.5 Å². The van der Waals surface area contributed by atoms with E-state index in [1.54, 1.807) is 0 Å². The summed E-state index contributed by atoms with van der Waals surface area (Å²) in [5.41, 5.74) is 18.2. The lowest BCUT2D eigenvalue weighted by Gasteiger charge is -2.24. The topological polar surface area (TPSA) is 0 Å². The molecule has 0 atom stereocenters. The average molecular weight is 982 g/mol. The van der Waals surface area contributed by atoms with Crippen molar-refractivity contribution in [1.29, 1.82) is 0 Å². The van der Waals surface area contributed by atoms with Gasteiger partial charge in [-0.3, -0.25) is 0 Å². The normalized spacial score (nSPS) is 13.1. The maximum Gasteiger partial charge on any atom is 0.110 e. The van der Waals surface area contributed by atoms with Crippen LogP contribution in [-0.2, 0) is 5.41 Å². The van der Waals surface area contributed by atoms with E-state index >= 15 is 0 Å². The number of benzene rings is 14. The van der Waals surface area contributed by atoms with E-state index in [1.165, 1.54) is 158 Å². The molecule has 76 heavy (non-hydrogen) atoms. The van der Waals surface area contributed by atoms with Crippen LogP contribution in [0, 0.1) is 0 Å². The van der Waals surface area contributed by atoms with Crippen molar-refractivity contribution in [2.45, 2.75) is 19.3 Å². The van der Waals surface area contributed by atoms with Gasteiger partial charge in [0.2, 0.25) is 0 Å². The lowest BCUT2D eigenvalue weighted by atomic mass is 9.79. The molecule has 1 heteroatoms. The summed E-state index contributed by atoms with van der Waals surface area (Å²) < 4.78 is 0. The van der Waals surface area contributed by atoms with Crippen LogP contribution in [0.5, 0.6) is 0 Å². The minimum atomic E-state index is -1.56. The Kier molecular flexibility index (Phi) is 9.46. The molecule has 0 bridgehead atoms. The molecule has 2 aliphatic carbocycles. The molecule has 14 aromatic rings. The summed E-state index contributed by atoms with van der Waals surface area (Å²) >= 11 is 0. The van der Waals surface area contributed by atoms with Crippen LogP contribution in [0.4, 0.5) is 0 Å². The highest BCUT2D eigenvalue weighted by atomic mass is 31.1. The summed E-state index contributed by atoms with van der Waals surface area (Å²) in [7, 11) is -1.56. The molecule has 0 aliphatic heterocycles. The van der Waals surface area contributed by atoms with E-state index in [9.17, 15) is 0 Å². The highest BCUT2D eigenvalue weighted by Crippen LogP contribution is 2.62. The molecule has 354 valence electrons. The molecule has 0 heterocycles. The molecule has 0 amide bonds. The number of fused-ring (bicyclic) bond motifs is 14. The zero-order valence-electron chi connectivity index (χ0n) is 42.3. The highest BCUT2D eigenvalue weighted by molar-refractivity contribution is 7.80. The van der Waals surface area contributed by atoms with Crippen LogP contribution in [0.15, 0.2) is 261 Å². The van der Waals surface area contributed by atoms with Crippen LogP contribution >= 0.6 is 7.92 Å². The summed E-state index contributed by atoms with van der Waals surface area (Å²) in [5.74, 6) is 0. The fourth-order valence-corrected chi connectivity index (χ4v) is 16.9. The molecule has 16 rings (SSSR count). The predicted molar refractivity (Wildman–Crippen MR) is 330 cm³/mol. The van der Waals surface area contributed by atoms with Crippen molar-refractivity contribution in [3.8, 4) is 66.8 Å². The van der Waals surface area contributed by atoms with Crippen LogP contribution in [-0.4, -0.2) is 0 Å². The monoisotopic (exact) mass is 981 g/mol. The summed E-state index contributed by atoms with van der Waals surface area (Å²) in [5, 5.41) is 20.0. The van der Waals surface area contributed by atoms with Crippen molar-refractivity contribution < 1.29 is 0 Å². The van der Waals surface area contributed by atoms with Crippen LogP contribution in [0.2, 0.25) is 0 Å². The Balaban J connectivity index is 0.866. The van der Waals surface area contributed by atoms with Gasteiger partial charge in [-0.05, 0) is 168 Å². The van der Waals surface area contributed by atoms with E-state index in [0.29, 0.717) is 0 Å². The molecule has 0 fully saturated rings. The van der Waals surface area contributed by atoms with E-state index in [2.05, 4.69) is 275 Å². The van der Waals surface area contributed by atoms with Crippen LogP contribution in [0.1, 0.15) is 25.0 Å². The first-order valence-corrected chi connectivity index (χ1v) is 28.2. The molecule has 0 spiro atoms. The second kappa shape index (κ2) is 16.5. The van der Waals surface area contributed by atoms with E-state index in [1.807, 2.05) is 0 Å². The highest BCUT2D eigenvalue weighted by Gasteiger charge is 2.41. The maximum absolute atomic E-state index is 2.59. The van der Waals surface area contributed by atoms with Crippen LogP contribution < -0.4 is 15.9 Å². The molecule has 0 unspecified atom stereocenters. The SMILES string of the molecule is CC1(C)c2cc(-c3ccc([PH+](c4cc5ccccc5c5ccccc45)c4cc5ccccc5c5ccccc45)cc3)ccc2-c2c1cc1c3c(cccc23)-c2c-1c(-c1ccccc1)c1ccccc1c2-c1ccccc1. The minimum Gasteiger partial charge on any atom is -0.0622 e. The van der Waals surface area contributed by atoms with E-state index < -0.39 is 7.92 Å². The van der Waals surface area contributed by atoms with Crippen LogP contribution in [0.25, 0.3) is 131 Å². The predicted octanol–water partition coefficient (Wildman–Crippen LogP) is 19.1. The van der Waals surface area contributed by atoms with Gasteiger partial charge in [0.1, 0.15) is 15.9 Å². The molecule has 0 aromatic heterocycles. The second-order valence-electron chi connectivity index (χ2n) is 21.6. The summed E-state index contributed by atoms with van der Waals surface area (Å²) in [6.07, 6.45) is 0. The zero-order chi connectivity index (χ0) is 50.2. The van der Waals surface area contributed by atoms with Crippen molar-refractivity contribution in [2.24, 2.45) is 0 Å². The van der Waals surface area contributed by atoms with Gasteiger partial charge in [-0.2, -0.15) is 0 Å². The Morgan fingerprint density at radius 3 is 1.29 bits per heavy atom. The molecule has 2 aliphatic rings. The third kappa shape index (κ3) is 6.23. The van der Waals surface area contributed by atoms with Gasteiger partial charge in [0, 0.05) is 16.2 Å². The first-order chi connectivity index (χ1) is 37.5. The summed E-state index contributed by atoms with van der Waals surface area (Å²) in [6.45, 7) is 4.90. The van der Waals surface area contributed by atoms with Gasteiger partial charge in [-0.15, -0.1) is 0 Å². The van der Waals surface area contributed by atoms with E-state index in [4.69, 9.17) is 0 Å². The standard InChI is InChI=1S/C75H49P/c1-75(2)65-42-49(46-36-39-52(40-37-46)76(67-43-50-24-9-11-26-53(50)55-28-13-15-30-57(55)67)68-44-51-25-10-12-27-54(51)56-29-14-16-31-58(56)68)38-41-61(65)72-62-34-19-35-63-71(62)64(45-66(72)75)74-70(48-22-7-4-8-23-48)60-33-18-17-32-59(60)69(73(63)74)47-20-5-3-6-21-47/h3-45H,1-2H3/p+1. The zero-order valence-corrected chi connectivity index (χ0v) is 43.3. The van der Waals surface area contributed by atoms with Gasteiger partial charge in [-0.1, -0.05) is 238 Å². The first kappa shape index (κ1) is 43.5. The number of hydrogen-bond acceptors (Lipinski definition) is 0. The molecular weight excluding hydrogens is 932 g/mol. The van der Waals surface area contributed by atoms with Crippen molar-refractivity contribution in [2.75, 3.05) is 0 Å². The molecule has 0 N–H and O–H groups in total. The Bertz CT molecular complexity index is 4640. The number of hydrogen-bond donors (Lipinski definition) is 0. The second-order valence-corrected chi connectivity index (χ2v) is 24.0. The largest absolute Gasteiger partial charge is 0.110 e. The molecule has 0 saturated heterocycles. The fraction of sp³-hybridized carbons (Fsp3) is 0.0400. The third-order valence-electron chi connectivity index (χ3n) is 17.3. The Morgan fingerprint density at radius 1 is 0.263 bits per heavy atom. The van der Waals surface area contributed by atoms with Gasteiger partial charge in [0.15, 0.2) is 0 Å². The average Bonchev–Trinajstić information content (AvgIpc) is 4.04. The van der Waals surface area contributed by atoms with E-state index in [-0.39, 0.29) is 5.41 Å². The summed E-state index contributed by atoms with van der Waals surface area (Å²) in [4.78, 5) is 0. The van der Waals surface area contributed by atoms with Gasteiger partial charge < -0.3 is 0 Å². The summed E-state index contributed by atoms with van der Waals surface area (Å²) in [6, 6.07) is 99.0. The Hall–Kier alpha value is -8.93. The smallest absolute Gasteiger partial charge is 0.0622 e. The number of rotatable bonds is 6. The molecule has 0 saturated carbocycles. The third-order valence-corrected chi connectivity index (χ3v) is 20.1. The van der Waals surface area contributed by atoms with Crippen molar-refractivity contribution in [3.63, 3.8) is 0 Å². The Morgan fingerprint density at radius 2 is 0.724 bits per heavy atom. The van der Waals surface area contributed by atoms with Crippen molar-refractivity contribution in [1.82, 2.24) is 0 Å². The van der Waals surface area contributed by atoms with Gasteiger partial charge >= 0.3 is 0 Å². The Labute approximate surface area is 444 Å². The molecule has 0 nitrogen and oxygen atoms in total. The van der Waals surface area contributed by atoms with Gasteiger partial charge in [-0.25, -0.2) is 0 Å². The lowest BCUT2D eigenvalue weighted by molar-refractivity contribution is 0.661. The molecular formula is C75H50P+. The minimum absolute atomic E-state index is 0.249. The fourth-order valence-electron chi connectivity index (χ4n) is 13.9. The molecule has 0 radical (unpaired) electrons. The molecule has 14 aromatic carbocycles. The lowest BCUT2D eigenvalue weighted by Crippen LogP contribution is -2.22. The van der Waals surface area contributed by atoms with E-state index in [0.717, 1.165) is 0 Å². The first-order valence-electron chi connectivity index (χ1n) is 26.7. The van der Waals surface area contributed by atoms with Gasteiger partial charge in [0.25, 0.3) is 0 Å². The maximum atomic E-state index is 2.59.